The Balaban J connectivity index is 0.00000124. The van der Waals surface area contributed by atoms with E-state index in [1.165, 1.54) is 10.8 Å². The van der Waals surface area contributed by atoms with Crippen molar-refractivity contribution in [2.24, 2.45) is 0 Å². The Kier molecular flexibility index (Phi) is 6.17. The molecule has 0 unspecified atom stereocenters. The van der Waals surface area contributed by atoms with E-state index in [0.717, 1.165) is 5.56 Å². The summed E-state index contributed by atoms with van der Waals surface area (Å²) in [6.45, 7) is 3.41. The number of aliphatic carboxylic acids is 1. The summed E-state index contributed by atoms with van der Waals surface area (Å²) in [5.74, 6) is -2.31. The number of aromatic nitrogens is 3. The van der Waals surface area contributed by atoms with E-state index < -0.39 is 18.4 Å². The highest BCUT2D eigenvalue weighted by Crippen LogP contribution is 2.39. The smallest absolute Gasteiger partial charge is 0.322 e. The van der Waals surface area contributed by atoms with Crippen LogP contribution in [0.4, 0.5) is 0 Å². The van der Waals surface area contributed by atoms with Gasteiger partial charge in [0.2, 0.25) is 0 Å². The van der Waals surface area contributed by atoms with Crippen molar-refractivity contribution in [3.63, 3.8) is 0 Å². The third-order valence-corrected chi connectivity index (χ3v) is 4.64. The first-order chi connectivity index (χ1) is 14.5. The fourth-order valence-electron chi connectivity index (χ4n) is 3.14. The molecule has 0 aliphatic rings. The van der Waals surface area contributed by atoms with Crippen molar-refractivity contribution in [1.82, 2.24) is 19.9 Å². The molecule has 9 heteroatoms. The van der Waals surface area contributed by atoms with Crippen LogP contribution in [0.15, 0.2) is 48.8 Å². The Labute approximate surface area is 176 Å². The molecule has 0 atom stereocenters. The zero-order valence-corrected chi connectivity index (χ0v) is 17.0. The molecule has 0 bridgehead atoms. The van der Waals surface area contributed by atoms with Crippen LogP contribution in [0, 0.1) is 0 Å². The van der Waals surface area contributed by atoms with Crippen LogP contribution in [0.5, 0.6) is 5.75 Å². The topological polar surface area (TPSA) is 117 Å². The number of carbonyl (C=O) groups excluding carboxylic acids is 1. The Morgan fingerprint density at radius 1 is 1.10 bits per heavy atom. The van der Waals surface area contributed by atoms with Crippen molar-refractivity contribution in [3.05, 3.63) is 59.5 Å². The second-order valence-electron chi connectivity index (χ2n) is 5.98. The molecular weight excluding hydrogens is 408 g/mol. The van der Waals surface area contributed by atoms with Gasteiger partial charge in [0.1, 0.15) is 12.9 Å². The molecule has 2 heterocycles. The molecule has 4 aromatic rings. The van der Waals surface area contributed by atoms with Crippen LogP contribution in [0.2, 0.25) is 5.02 Å². The van der Waals surface area contributed by atoms with E-state index in [2.05, 4.69) is 15.4 Å². The average Bonchev–Trinajstić information content (AvgIpc) is 3.23. The number of hydrogen-bond donors (Lipinski definition) is 3. The SMILES string of the molecule is CC.O=C(O)CNC(=O)c1c(O)c2cccc(-c3ccccc3Cl)c2c2ncnn12. The van der Waals surface area contributed by atoms with E-state index >= 15 is 0 Å². The lowest BCUT2D eigenvalue weighted by Crippen LogP contribution is -2.31. The molecule has 2 aromatic heterocycles. The fourth-order valence-corrected chi connectivity index (χ4v) is 3.38. The molecule has 0 saturated heterocycles. The van der Waals surface area contributed by atoms with E-state index in [1.54, 1.807) is 18.2 Å². The van der Waals surface area contributed by atoms with E-state index in [9.17, 15) is 14.7 Å². The molecule has 3 N–H and O–H groups in total. The first-order valence-corrected chi connectivity index (χ1v) is 9.59. The van der Waals surface area contributed by atoms with Crippen LogP contribution in [0.25, 0.3) is 27.5 Å². The third-order valence-electron chi connectivity index (χ3n) is 4.31. The quantitative estimate of drug-likeness (QED) is 0.457. The number of carbonyl (C=O) groups is 2. The van der Waals surface area contributed by atoms with Gasteiger partial charge in [-0.05, 0) is 11.6 Å². The zero-order chi connectivity index (χ0) is 21.8. The lowest BCUT2D eigenvalue weighted by Gasteiger charge is -2.14. The van der Waals surface area contributed by atoms with Gasteiger partial charge in [0.25, 0.3) is 5.91 Å². The number of nitrogens with one attached hydrogen (secondary N) is 1. The highest BCUT2D eigenvalue weighted by atomic mass is 35.5. The molecule has 0 aliphatic heterocycles. The van der Waals surface area contributed by atoms with E-state index in [1.807, 2.05) is 38.1 Å². The molecular formula is C21H19ClN4O4. The van der Waals surface area contributed by atoms with Crippen LogP contribution < -0.4 is 5.32 Å². The summed E-state index contributed by atoms with van der Waals surface area (Å²) in [5, 5.41) is 27.3. The first kappa shape index (κ1) is 21.1. The number of nitrogens with zero attached hydrogens (tertiary/aromatic N) is 3. The lowest BCUT2D eigenvalue weighted by molar-refractivity contribution is -0.135. The van der Waals surface area contributed by atoms with Crippen LogP contribution >= 0.6 is 11.6 Å². The van der Waals surface area contributed by atoms with Gasteiger partial charge in [0.05, 0.1) is 0 Å². The predicted molar refractivity (Wildman–Crippen MR) is 114 cm³/mol. The van der Waals surface area contributed by atoms with E-state index in [-0.39, 0.29) is 11.4 Å². The fraction of sp³-hybridized carbons (Fsp3) is 0.143. The van der Waals surface area contributed by atoms with Gasteiger partial charge in [0.15, 0.2) is 17.1 Å². The molecule has 0 spiro atoms. The molecule has 0 fully saturated rings. The highest BCUT2D eigenvalue weighted by molar-refractivity contribution is 6.34. The lowest BCUT2D eigenvalue weighted by atomic mass is 9.98. The normalized spacial score (nSPS) is 10.5. The second-order valence-corrected chi connectivity index (χ2v) is 6.38. The minimum absolute atomic E-state index is 0.197. The number of aromatic hydroxyl groups is 1. The number of amides is 1. The number of pyridine rings is 1. The summed E-state index contributed by atoms with van der Waals surface area (Å²) in [4.78, 5) is 27.5. The Bertz CT molecular complexity index is 1250. The number of fused-ring (bicyclic) bond motifs is 3. The van der Waals surface area contributed by atoms with Gasteiger partial charge in [0, 0.05) is 21.4 Å². The van der Waals surface area contributed by atoms with Crippen LogP contribution in [0.3, 0.4) is 0 Å². The van der Waals surface area contributed by atoms with Crippen molar-refractivity contribution < 1.29 is 19.8 Å². The minimum Gasteiger partial charge on any atom is -0.505 e. The molecule has 2 aromatic carbocycles. The number of carboxylic acids is 1. The van der Waals surface area contributed by atoms with Gasteiger partial charge in [-0.2, -0.15) is 5.10 Å². The first-order valence-electron chi connectivity index (χ1n) is 9.21. The molecule has 154 valence electrons. The Morgan fingerprint density at radius 3 is 2.50 bits per heavy atom. The van der Waals surface area contributed by atoms with Crippen molar-refractivity contribution in [3.8, 4) is 16.9 Å². The second kappa shape index (κ2) is 8.79. The predicted octanol–water partition coefficient (Wildman–Crippen LogP) is 3.75. The highest BCUT2D eigenvalue weighted by Gasteiger charge is 2.23. The van der Waals surface area contributed by atoms with Crippen molar-refractivity contribution in [2.45, 2.75) is 13.8 Å². The summed E-state index contributed by atoms with van der Waals surface area (Å²) in [6.07, 6.45) is 1.26. The summed E-state index contributed by atoms with van der Waals surface area (Å²) in [5.41, 5.74) is 1.59. The van der Waals surface area contributed by atoms with Crippen molar-refractivity contribution in [1.29, 1.82) is 0 Å². The standard InChI is InChI=1S/C19H13ClN4O4.C2H6/c20-13-7-2-1-4-10(13)11-5-3-6-12-15(11)18-22-9-23-24(18)16(17(12)27)19(28)21-8-14(25)26;1-2/h1-7,9,27H,8H2,(H,21,28)(H,25,26);1-2H3. The van der Waals surface area contributed by atoms with Crippen LogP contribution in [-0.2, 0) is 4.79 Å². The number of rotatable bonds is 4. The maximum absolute atomic E-state index is 12.5. The molecule has 0 saturated carbocycles. The molecule has 0 aliphatic carbocycles. The minimum atomic E-state index is -1.20. The maximum Gasteiger partial charge on any atom is 0.322 e. The molecule has 4 rings (SSSR count). The van der Waals surface area contributed by atoms with Gasteiger partial charge >= 0.3 is 5.97 Å². The Morgan fingerprint density at radius 2 is 1.80 bits per heavy atom. The van der Waals surface area contributed by atoms with Gasteiger partial charge in [-0.3, -0.25) is 9.59 Å². The number of halogens is 1. The summed E-state index contributed by atoms with van der Waals surface area (Å²) >= 11 is 6.35. The molecule has 1 amide bonds. The van der Waals surface area contributed by atoms with Gasteiger partial charge in [-0.25, -0.2) is 9.50 Å². The van der Waals surface area contributed by atoms with Crippen molar-refractivity contribution >= 4 is 39.9 Å². The largest absolute Gasteiger partial charge is 0.505 e. The maximum atomic E-state index is 12.5. The summed E-state index contributed by atoms with van der Waals surface area (Å²) in [7, 11) is 0. The number of carboxylic acid groups (broad SMARTS) is 1. The zero-order valence-electron chi connectivity index (χ0n) is 16.3. The van der Waals surface area contributed by atoms with E-state index in [4.69, 9.17) is 16.7 Å². The monoisotopic (exact) mass is 426 g/mol. The molecule has 30 heavy (non-hydrogen) atoms. The van der Waals surface area contributed by atoms with Crippen LogP contribution in [-0.4, -0.2) is 43.2 Å². The van der Waals surface area contributed by atoms with Gasteiger partial charge < -0.3 is 15.5 Å². The number of hydrogen-bond acceptors (Lipinski definition) is 5. The molecule has 0 radical (unpaired) electrons. The van der Waals surface area contributed by atoms with Gasteiger partial charge in [-0.15, -0.1) is 0 Å². The third kappa shape index (κ3) is 3.65. The van der Waals surface area contributed by atoms with Crippen LogP contribution in [0.1, 0.15) is 24.3 Å². The molecule has 8 nitrogen and oxygen atoms in total. The number of benzene rings is 2. The summed E-state index contributed by atoms with van der Waals surface area (Å²) < 4.78 is 1.19. The Hall–Kier alpha value is -3.65. The summed E-state index contributed by atoms with van der Waals surface area (Å²) in [6, 6.07) is 12.5. The van der Waals surface area contributed by atoms with E-state index in [0.29, 0.717) is 27.0 Å². The van der Waals surface area contributed by atoms with Gasteiger partial charge in [-0.1, -0.05) is 61.8 Å². The average molecular weight is 427 g/mol. The van der Waals surface area contributed by atoms with Crippen molar-refractivity contribution in [2.75, 3.05) is 6.54 Å².